The molecule has 0 bridgehead atoms. The second-order valence-corrected chi connectivity index (χ2v) is 3.34. The van der Waals surface area contributed by atoms with Gasteiger partial charge in [-0.05, 0) is 31.4 Å². The molecule has 1 aromatic rings. The fourth-order valence-electron chi connectivity index (χ4n) is 1.07. The fraction of sp³-hybridized carbons (Fsp3) is 0.500. The largest absolute Gasteiger partial charge is 0.490 e. The second kappa shape index (κ2) is 4.89. The lowest BCUT2D eigenvalue weighted by Gasteiger charge is -2.06. The Labute approximate surface area is 86.1 Å². The van der Waals surface area contributed by atoms with Crippen molar-refractivity contribution in [2.75, 3.05) is 5.73 Å². The number of ether oxygens (including phenoxy) is 1. The van der Waals surface area contributed by atoms with Gasteiger partial charge < -0.3 is 10.5 Å². The first-order chi connectivity index (χ1) is 6.75. The van der Waals surface area contributed by atoms with E-state index < -0.39 is 0 Å². The summed E-state index contributed by atoms with van der Waals surface area (Å²) in [6.07, 6.45) is 2.83. The molecule has 0 saturated heterocycles. The highest BCUT2D eigenvalue weighted by atomic mass is 16.5. The van der Waals surface area contributed by atoms with Gasteiger partial charge in [-0.1, -0.05) is 19.9 Å². The first kappa shape index (κ1) is 10.9. The van der Waals surface area contributed by atoms with Gasteiger partial charge in [-0.2, -0.15) is 0 Å². The molecule has 0 amide bonds. The van der Waals surface area contributed by atoms with Crippen molar-refractivity contribution in [3.05, 3.63) is 23.8 Å². The third-order valence-corrected chi connectivity index (χ3v) is 2.08. The van der Waals surface area contributed by atoms with E-state index in [0.29, 0.717) is 6.10 Å². The van der Waals surface area contributed by atoms with E-state index in [1.54, 1.807) is 0 Å². The average molecular weight is 193 g/mol. The predicted molar refractivity (Wildman–Crippen MR) is 60.6 cm³/mol. The minimum Gasteiger partial charge on any atom is -0.490 e. The van der Waals surface area contributed by atoms with Crippen molar-refractivity contribution in [2.45, 2.75) is 39.7 Å². The zero-order valence-electron chi connectivity index (χ0n) is 9.21. The van der Waals surface area contributed by atoms with Crippen LogP contribution in [0.5, 0.6) is 5.75 Å². The molecule has 0 aromatic heterocycles. The summed E-state index contributed by atoms with van der Waals surface area (Å²) in [5.74, 6) is 0.903. The van der Waals surface area contributed by atoms with Crippen LogP contribution in [0.4, 0.5) is 5.69 Å². The molecule has 1 aromatic carbocycles. The normalized spacial score (nSPS) is 14.2. The number of rotatable bonds is 2. The number of hydrogen-bond donors (Lipinski definition) is 1. The van der Waals surface area contributed by atoms with Gasteiger partial charge >= 0.3 is 0 Å². The molecule has 1 fully saturated rings. The molecule has 1 saturated carbocycles. The third-order valence-electron chi connectivity index (χ3n) is 2.08. The second-order valence-electron chi connectivity index (χ2n) is 3.34. The summed E-state index contributed by atoms with van der Waals surface area (Å²) in [7, 11) is 0. The van der Waals surface area contributed by atoms with Gasteiger partial charge in [-0.15, -0.1) is 0 Å². The van der Waals surface area contributed by atoms with E-state index in [2.05, 4.69) is 0 Å². The SMILES string of the molecule is CC.Cc1ccc(OC2CC2)cc1N. The Balaban J connectivity index is 0.000000461. The Morgan fingerprint density at radius 1 is 1.29 bits per heavy atom. The lowest BCUT2D eigenvalue weighted by atomic mass is 10.2. The molecular formula is C12H19NO. The maximum atomic E-state index is 5.74. The van der Waals surface area contributed by atoms with E-state index in [1.807, 2.05) is 39.0 Å². The van der Waals surface area contributed by atoms with Gasteiger partial charge in [0.15, 0.2) is 0 Å². The van der Waals surface area contributed by atoms with E-state index in [1.165, 1.54) is 12.8 Å². The topological polar surface area (TPSA) is 35.2 Å². The summed E-state index contributed by atoms with van der Waals surface area (Å²) >= 11 is 0. The predicted octanol–water partition coefficient (Wildman–Crippen LogP) is 3.14. The molecule has 1 aliphatic carbocycles. The quantitative estimate of drug-likeness (QED) is 0.732. The molecule has 0 unspecified atom stereocenters. The van der Waals surface area contributed by atoms with E-state index in [0.717, 1.165) is 17.0 Å². The standard InChI is InChI=1S/C10H13NO.C2H6/c1-7-2-3-9(6-10(7)11)12-8-4-5-8;1-2/h2-3,6,8H,4-5,11H2,1H3;1-2H3. The summed E-state index contributed by atoms with van der Waals surface area (Å²) in [6.45, 7) is 6.00. The lowest BCUT2D eigenvalue weighted by molar-refractivity contribution is 0.303. The summed E-state index contributed by atoms with van der Waals surface area (Å²) in [4.78, 5) is 0. The zero-order chi connectivity index (χ0) is 10.6. The molecule has 0 atom stereocenters. The van der Waals surface area contributed by atoms with Crippen LogP contribution in [-0.2, 0) is 0 Å². The Hall–Kier alpha value is -1.18. The van der Waals surface area contributed by atoms with Crippen LogP contribution in [0.2, 0.25) is 0 Å². The summed E-state index contributed by atoms with van der Waals surface area (Å²) in [5, 5.41) is 0. The molecule has 14 heavy (non-hydrogen) atoms. The molecule has 0 spiro atoms. The molecule has 1 aliphatic rings. The number of hydrogen-bond acceptors (Lipinski definition) is 2. The van der Waals surface area contributed by atoms with Gasteiger partial charge in [0.05, 0.1) is 6.10 Å². The molecular weight excluding hydrogens is 174 g/mol. The van der Waals surface area contributed by atoms with E-state index in [4.69, 9.17) is 10.5 Å². The monoisotopic (exact) mass is 193 g/mol. The smallest absolute Gasteiger partial charge is 0.121 e. The highest BCUT2D eigenvalue weighted by Gasteiger charge is 2.23. The van der Waals surface area contributed by atoms with Crippen molar-refractivity contribution < 1.29 is 4.74 Å². The molecule has 0 heterocycles. The molecule has 2 rings (SSSR count). The minimum absolute atomic E-state index is 0.451. The molecule has 2 heteroatoms. The third kappa shape index (κ3) is 2.95. The number of nitrogen functional groups attached to an aromatic ring is 1. The minimum atomic E-state index is 0.451. The van der Waals surface area contributed by atoms with Crippen molar-refractivity contribution in [1.82, 2.24) is 0 Å². The molecule has 0 aliphatic heterocycles. The van der Waals surface area contributed by atoms with Crippen LogP contribution < -0.4 is 10.5 Å². The summed E-state index contributed by atoms with van der Waals surface area (Å²) in [5.41, 5.74) is 7.66. The van der Waals surface area contributed by atoms with Gasteiger partial charge in [-0.3, -0.25) is 0 Å². The van der Waals surface area contributed by atoms with Gasteiger partial charge in [0.2, 0.25) is 0 Å². The molecule has 2 N–H and O–H groups in total. The Kier molecular flexibility index (Phi) is 3.81. The van der Waals surface area contributed by atoms with Gasteiger partial charge in [-0.25, -0.2) is 0 Å². The highest BCUT2D eigenvalue weighted by Crippen LogP contribution is 2.28. The summed E-state index contributed by atoms with van der Waals surface area (Å²) < 4.78 is 5.58. The lowest BCUT2D eigenvalue weighted by Crippen LogP contribution is -1.97. The Morgan fingerprint density at radius 3 is 2.43 bits per heavy atom. The van der Waals surface area contributed by atoms with Crippen molar-refractivity contribution >= 4 is 5.69 Å². The number of nitrogens with two attached hydrogens (primary N) is 1. The maximum Gasteiger partial charge on any atom is 0.121 e. The van der Waals surface area contributed by atoms with Crippen LogP contribution in [0.25, 0.3) is 0 Å². The number of benzene rings is 1. The fourth-order valence-corrected chi connectivity index (χ4v) is 1.07. The number of aryl methyl sites for hydroxylation is 1. The zero-order valence-corrected chi connectivity index (χ0v) is 9.21. The van der Waals surface area contributed by atoms with Crippen LogP contribution in [0.1, 0.15) is 32.3 Å². The molecule has 0 radical (unpaired) electrons. The van der Waals surface area contributed by atoms with E-state index >= 15 is 0 Å². The van der Waals surface area contributed by atoms with Gasteiger partial charge in [0, 0.05) is 11.8 Å². The van der Waals surface area contributed by atoms with Crippen LogP contribution in [-0.4, -0.2) is 6.10 Å². The average Bonchev–Trinajstić information content (AvgIpc) is 2.99. The Morgan fingerprint density at radius 2 is 1.93 bits per heavy atom. The summed E-state index contributed by atoms with van der Waals surface area (Å²) in [6, 6.07) is 5.87. The Bertz CT molecular complexity index is 292. The van der Waals surface area contributed by atoms with Crippen LogP contribution in [0.3, 0.4) is 0 Å². The van der Waals surface area contributed by atoms with Gasteiger partial charge in [0.25, 0.3) is 0 Å². The highest BCUT2D eigenvalue weighted by molar-refractivity contribution is 5.50. The number of anilines is 1. The van der Waals surface area contributed by atoms with Crippen LogP contribution in [0, 0.1) is 6.92 Å². The van der Waals surface area contributed by atoms with Crippen molar-refractivity contribution in [3.8, 4) is 5.75 Å². The first-order valence-electron chi connectivity index (χ1n) is 5.28. The van der Waals surface area contributed by atoms with Crippen molar-refractivity contribution in [2.24, 2.45) is 0 Å². The molecule has 78 valence electrons. The van der Waals surface area contributed by atoms with Crippen molar-refractivity contribution in [1.29, 1.82) is 0 Å². The van der Waals surface area contributed by atoms with Crippen molar-refractivity contribution in [3.63, 3.8) is 0 Å². The first-order valence-corrected chi connectivity index (χ1v) is 5.28. The van der Waals surface area contributed by atoms with E-state index in [9.17, 15) is 0 Å². The molecule has 2 nitrogen and oxygen atoms in total. The van der Waals surface area contributed by atoms with Crippen LogP contribution in [0.15, 0.2) is 18.2 Å². The maximum absolute atomic E-state index is 5.74. The van der Waals surface area contributed by atoms with Crippen LogP contribution >= 0.6 is 0 Å². The van der Waals surface area contributed by atoms with Gasteiger partial charge in [0.1, 0.15) is 5.75 Å². The van der Waals surface area contributed by atoms with E-state index in [-0.39, 0.29) is 0 Å².